The number of carbonyl (C=O) groups excluding carboxylic acids is 1. The molecule has 7 nitrogen and oxygen atoms in total. The highest BCUT2D eigenvalue weighted by molar-refractivity contribution is 7.89. The van der Waals surface area contributed by atoms with Crippen LogP contribution in [0, 0.1) is 5.82 Å². The molecule has 198 valence electrons. The number of alkyl halides is 6. The van der Waals surface area contributed by atoms with Crippen molar-refractivity contribution in [1.82, 2.24) is 4.72 Å². The molecule has 2 aromatic rings. The lowest BCUT2D eigenvalue weighted by Gasteiger charge is -2.33. The largest absolute Gasteiger partial charge is 0.495 e. The lowest BCUT2D eigenvalue weighted by molar-refractivity contribution is -0.377. The number of ether oxygens (including phenoxy) is 1. The minimum Gasteiger partial charge on any atom is -0.495 e. The summed E-state index contributed by atoms with van der Waals surface area (Å²) in [5.74, 6) is -3.74. The van der Waals surface area contributed by atoms with Gasteiger partial charge in [0.25, 0.3) is 5.60 Å². The van der Waals surface area contributed by atoms with Gasteiger partial charge in [0.2, 0.25) is 15.9 Å². The molecular weight excluding hydrogens is 525 g/mol. The SMILES string of the molecule is COc1cc(C(O)(C(F)(F)F)C(F)(F)F)c(F)cc1NC(=O)Cc1ccc(S(=O)(=O)NC2CC2)cc1. The average molecular weight is 544 g/mol. The Hall–Kier alpha value is -2.91. The van der Waals surface area contributed by atoms with Crippen molar-refractivity contribution in [3.8, 4) is 5.75 Å². The number of halogens is 7. The molecule has 3 rings (SSSR count). The number of sulfonamides is 1. The zero-order valence-corrected chi connectivity index (χ0v) is 19.1. The summed E-state index contributed by atoms with van der Waals surface area (Å²) < 4.78 is 125. The number of amides is 1. The molecule has 3 N–H and O–H groups in total. The molecule has 36 heavy (non-hydrogen) atoms. The summed E-state index contributed by atoms with van der Waals surface area (Å²) in [6.45, 7) is 0. The van der Waals surface area contributed by atoms with Crippen molar-refractivity contribution < 1.29 is 53.8 Å². The van der Waals surface area contributed by atoms with Crippen LogP contribution in [0.15, 0.2) is 41.3 Å². The van der Waals surface area contributed by atoms with Gasteiger partial charge in [0.15, 0.2) is 0 Å². The molecular formula is C21H19F7N2O5S. The topological polar surface area (TPSA) is 105 Å². The Kier molecular flexibility index (Phi) is 7.32. The summed E-state index contributed by atoms with van der Waals surface area (Å²) >= 11 is 0. The van der Waals surface area contributed by atoms with Crippen molar-refractivity contribution in [3.63, 3.8) is 0 Å². The van der Waals surface area contributed by atoms with Crippen LogP contribution >= 0.6 is 0 Å². The van der Waals surface area contributed by atoms with Gasteiger partial charge >= 0.3 is 12.4 Å². The highest BCUT2D eigenvalue weighted by Crippen LogP contribution is 2.51. The number of rotatable bonds is 8. The standard InChI is InChI=1S/C21H19F7N2O5S/c1-35-17-9-14(19(32,20(23,24)25)21(26,27)28)15(22)10-16(17)29-18(31)8-11-2-6-13(7-3-11)36(33,34)30-12-4-5-12/h2-3,6-7,9-10,12,30,32H,4-5,8H2,1H3,(H,29,31). The summed E-state index contributed by atoms with van der Waals surface area (Å²) in [7, 11) is -2.88. The molecule has 0 radical (unpaired) electrons. The monoisotopic (exact) mass is 544 g/mol. The van der Waals surface area contributed by atoms with Crippen molar-refractivity contribution in [2.45, 2.75) is 48.2 Å². The number of anilines is 1. The second kappa shape index (κ2) is 9.52. The van der Waals surface area contributed by atoms with Gasteiger partial charge in [0.05, 0.1) is 24.1 Å². The number of benzene rings is 2. The molecule has 0 unspecified atom stereocenters. The molecule has 0 atom stereocenters. The van der Waals surface area contributed by atoms with Crippen molar-refractivity contribution >= 4 is 21.6 Å². The van der Waals surface area contributed by atoms with Gasteiger partial charge in [0.1, 0.15) is 11.6 Å². The molecule has 1 amide bonds. The Morgan fingerprint density at radius 3 is 2.08 bits per heavy atom. The van der Waals surface area contributed by atoms with E-state index < -0.39 is 63.1 Å². The van der Waals surface area contributed by atoms with Crippen LogP contribution in [0.25, 0.3) is 0 Å². The molecule has 0 aliphatic heterocycles. The van der Waals surface area contributed by atoms with Gasteiger partial charge in [-0.1, -0.05) is 12.1 Å². The molecule has 1 aliphatic rings. The number of hydrogen-bond donors (Lipinski definition) is 3. The van der Waals surface area contributed by atoms with Crippen LogP contribution in [0.5, 0.6) is 5.75 Å². The third-order valence-electron chi connectivity index (χ3n) is 5.27. The smallest absolute Gasteiger partial charge is 0.430 e. The van der Waals surface area contributed by atoms with Gasteiger partial charge < -0.3 is 15.2 Å². The van der Waals surface area contributed by atoms with E-state index in [1.165, 1.54) is 24.3 Å². The lowest BCUT2D eigenvalue weighted by atomic mass is 9.91. The Bertz CT molecular complexity index is 1230. The van der Waals surface area contributed by atoms with Crippen molar-refractivity contribution in [3.05, 3.63) is 53.3 Å². The second-order valence-electron chi connectivity index (χ2n) is 8.00. The molecule has 0 heterocycles. The van der Waals surface area contributed by atoms with Crippen LogP contribution in [0.2, 0.25) is 0 Å². The predicted octanol–water partition coefficient (Wildman–Crippen LogP) is 3.77. The lowest BCUT2D eigenvalue weighted by Crippen LogP contribution is -2.54. The molecule has 15 heteroatoms. The molecule has 0 bridgehead atoms. The number of nitrogens with one attached hydrogen (secondary N) is 2. The first-order valence-electron chi connectivity index (χ1n) is 10.1. The summed E-state index contributed by atoms with van der Waals surface area (Å²) in [4.78, 5) is 12.3. The number of hydrogen-bond acceptors (Lipinski definition) is 5. The molecule has 1 aliphatic carbocycles. The minimum absolute atomic E-state index is 0.00154. The maximum absolute atomic E-state index is 14.4. The zero-order valence-electron chi connectivity index (χ0n) is 18.3. The Labute approximate surface area is 200 Å². The molecule has 0 aromatic heterocycles. The van der Waals surface area contributed by atoms with Crippen molar-refractivity contribution in [2.75, 3.05) is 12.4 Å². The Balaban J connectivity index is 1.81. The predicted molar refractivity (Wildman–Crippen MR) is 111 cm³/mol. The second-order valence-corrected chi connectivity index (χ2v) is 9.72. The van der Waals surface area contributed by atoms with E-state index >= 15 is 0 Å². The van der Waals surface area contributed by atoms with E-state index in [4.69, 9.17) is 4.74 Å². The van der Waals surface area contributed by atoms with Crippen LogP contribution in [-0.4, -0.2) is 44.9 Å². The van der Waals surface area contributed by atoms with Gasteiger partial charge in [-0.3, -0.25) is 4.79 Å². The van der Waals surface area contributed by atoms with Crippen molar-refractivity contribution in [1.29, 1.82) is 0 Å². The highest BCUT2D eigenvalue weighted by Gasteiger charge is 2.72. The van der Waals surface area contributed by atoms with Gasteiger partial charge in [0, 0.05) is 17.7 Å². The third kappa shape index (κ3) is 5.57. The maximum Gasteiger partial charge on any atom is 0.430 e. The van der Waals surface area contributed by atoms with E-state index in [-0.39, 0.29) is 23.1 Å². The van der Waals surface area contributed by atoms with Crippen molar-refractivity contribution in [2.24, 2.45) is 0 Å². The summed E-state index contributed by atoms with van der Waals surface area (Å²) in [5, 5.41) is 11.6. The van der Waals surface area contributed by atoms with Crippen LogP contribution in [0.1, 0.15) is 24.0 Å². The average Bonchev–Trinajstić information content (AvgIpc) is 3.55. The van der Waals surface area contributed by atoms with E-state index in [0.717, 1.165) is 20.0 Å². The van der Waals surface area contributed by atoms with Crippen LogP contribution in [-0.2, 0) is 26.8 Å². The van der Waals surface area contributed by atoms with Crippen LogP contribution in [0.3, 0.4) is 0 Å². The highest BCUT2D eigenvalue weighted by atomic mass is 32.2. The third-order valence-corrected chi connectivity index (χ3v) is 6.81. The zero-order chi connectivity index (χ0) is 27.1. The molecule has 2 aromatic carbocycles. The van der Waals surface area contributed by atoms with E-state index in [1.54, 1.807) is 0 Å². The van der Waals surface area contributed by atoms with E-state index in [2.05, 4.69) is 10.0 Å². The normalized spacial score (nSPS) is 15.0. The molecule has 0 spiro atoms. The van der Waals surface area contributed by atoms with E-state index in [0.29, 0.717) is 5.56 Å². The van der Waals surface area contributed by atoms with E-state index in [9.17, 15) is 49.1 Å². The minimum atomic E-state index is -6.32. The van der Waals surface area contributed by atoms with E-state index in [1.807, 2.05) is 0 Å². The maximum atomic E-state index is 14.4. The first-order valence-corrected chi connectivity index (χ1v) is 11.6. The van der Waals surface area contributed by atoms with Crippen LogP contribution in [0.4, 0.5) is 36.4 Å². The summed E-state index contributed by atoms with van der Waals surface area (Å²) in [6, 6.07) is 5.19. The Morgan fingerprint density at radius 2 is 1.61 bits per heavy atom. The molecule has 1 fully saturated rings. The fourth-order valence-electron chi connectivity index (χ4n) is 3.22. The quantitative estimate of drug-likeness (QED) is 0.439. The fourth-order valence-corrected chi connectivity index (χ4v) is 4.52. The first-order chi connectivity index (χ1) is 16.5. The number of methoxy groups -OCH3 is 1. The first kappa shape index (κ1) is 27.7. The molecule has 1 saturated carbocycles. The van der Waals surface area contributed by atoms with Gasteiger partial charge in [-0.2, -0.15) is 26.3 Å². The number of aliphatic hydroxyl groups is 1. The molecule has 0 saturated heterocycles. The van der Waals surface area contributed by atoms with Gasteiger partial charge in [-0.25, -0.2) is 17.5 Å². The fraction of sp³-hybridized carbons (Fsp3) is 0.381. The number of carbonyl (C=O) groups is 1. The van der Waals surface area contributed by atoms with Gasteiger partial charge in [-0.15, -0.1) is 0 Å². The van der Waals surface area contributed by atoms with Gasteiger partial charge in [-0.05, 0) is 36.6 Å². The van der Waals surface area contributed by atoms with Crippen LogP contribution < -0.4 is 14.8 Å². The summed E-state index contributed by atoms with van der Waals surface area (Å²) in [6.07, 6.45) is -11.6. The Morgan fingerprint density at radius 1 is 1.06 bits per heavy atom. The summed E-state index contributed by atoms with van der Waals surface area (Å²) in [5.41, 5.74) is -7.98.